The van der Waals surface area contributed by atoms with E-state index in [0.29, 0.717) is 22.6 Å². The molecule has 2 aromatic rings. The van der Waals surface area contributed by atoms with Crippen LogP contribution in [0.25, 0.3) is 10.9 Å². The first kappa shape index (κ1) is 20.0. The first-order valence-electron chi connectivity index (χ1n) is 8.65. The minimum absolute atomic E-state index is 0.00240. The van der Waals surface area contributed by atoms with Gasteiger partial charge in [0.25, 0.3) is 5.56 Å². The number of nitrogens with one attached hydrogen (secondary N) is 2. The number of para-hydroxylation sites is 1. The lowest BCUT2D eigenvalue weighted by atomic mass is 10.2. The number of carbonyl (C=O) groups is 2. The molecule has 0 aliphatic heterocycles. The number of fused-ring (bicyclic) bond motifs is 1. The number of benzene rings is 1. The molecule has 0 radical (unpaired) electrons. The van der Waals surface area contributed by atoms with Crippen molar-refractivity contribution in [1.82, 2.24) is 20.2 Å². The summed E-state index contributed by atoms with van der Waals surface area (Å²) in [5.41, 5.74) is 0.496. The summed E-state index contributed by atoms with van der Waals surface area (Å²) in [4.78, 5) is 40.8. The fourth-order valence-electron chi connectivity index (χ4n) is 2.36. The van der Waals surface area contributed by atoms with Gasteiger partial charge in [0.05, 0.1) is 16.7 Å². The van der Waals surface area contributed by atoms with Crippen molar-refractivity contribution in [1.29, 1.82) is 0 Å². The number of unbranched alkanes of at least 4 members (excludes halogenated alkanes) is 1. The number of thioether (sulfide) groups is 1. The van der Waals surface area contributed by atoms with Crippen LogP contribution >= 0.6 is 11.8 Å². The lowest BCUT2D eigenvalue weighted by Gasteiger charge is -2.13. The summed E-state index contributed by atoms with van der Waals surface area (Å²) in [6.07, 6.45) is 1.79. The number of rotatable bonds is 7. The second kappa shape index (κ2) is 9.38. The zero-order valence-electron chi connectivity index (χ0n) is 15.2. The molecule has 7 nitrogen and oxygen atoms in total. The second-order valence-electron chi connectivity index (χ2n) is 6.19. The van der Waals surface area contributed by atoms with Crippen LogP contribution in [0.15, 0.2) is 34.2 Å². The Labute approximate surface area is 156 Å². The third-order valence-electron chi connectivity index (χ3n) is 3.57. The van der Waals surface area contributed by atoms with Crippen LogP contribution in [0.4, 0.5) is 4.79 Å². The summed E-state index contributed by atoms with van der Waals surface area (Å²) in [5.74, 6) is -0.430. The first-order valence-corrected chi connectivity index (χ1v) is 9.63. The topological polar surface area (TPSA) is 93.1 Å². The van der Waals surface area contributed by atoms with E-state index in [1.165, 1.54) is 0 Å². The fraction of sp³-hybridized carbons (Fsp3) is 0.444. The van der Waals surface area contributed by atoms with Crippen molar-refractivity contribution in [3.63, 3.8) is 0 Å². The molecule has 1 heterocycles. The number of hydrogen-bond donors (Lipinski definition) is 2. The van der Waals surface area contributed by atoms with E-state index in [-0.39, 0.29) is 17.4 Å². The monoisotopic (exact) mass is 376 g/mol. The molecule has 0 saturated heterocycles. The van der Waals surface area contributed by atoms with Gasteiger partial charge in [-0.05, 0) is 32.4 Å². The van der Waals surface area contributed by atoms with Crippen LogP contribution in [-0.2, 0) is 11.3 Å². The van der Waals surface area contributed by atoms with Gasteiger partial charge in [0.15, 0.2) is 5.16 Å². The third-order valence-corrected chi connectivity index (χ3v) is 4.54. The Morgan fingerprint density at radius 3 is 2.69 bits per heavy atom. The van der Waals surface area contributed by atoms with Gasteiger partial charge in [-0.2, -0.15) is 0 Å². The summed E-state index contributed by atoms with van der Waals surface area (Å²) < 4.78 is 1.61. The molecule has 26 heavy (non-hydrogen) atoms. The average Bonchev–Trinajstić information content (AvgIpc) is 2.58. The molecule has 0 aliphatic rings. The van der Waals surface area contributed by atoms with Crippen molar-refractivity contribution in [2.45, 2.75) is 51.4 Å². The number of hydrogen-bond acceptors (Lipinski definition) is 5. The van der Waals surface area contributed by atoms with Crippen LogP contribution in [0.1, 0.15) is 33.6 Å². The van der Waals surface area contributed by atoms with Gasteiger partial charge in [0.2, 0.25) is 5.91 Å². The molecule has 0 atom stereocenters. The SMILES string of the molecule is CCCCn1c(SCC(=O)NC(=O)NC(C)C)nc2ccccc2c1=O. The smallest absolute Gasteiger partial charge is 0.321 e. The Morgan fingerprint density at radius 2 is 2.00 bits per heavy atom. The van der Waals surface area contributed by atoms with Gasteiger partial charge in [0.1, 0.15) is 0 Å². The van der Waals surface area contributed by atoms with Crippen LogP contribution < -0.4 is 16.2 Å². The predicted molar refractivity (Wildman–Crippen MR) is 103 cm³/mol. The molecule has 0 aliphatic carbocycles. The number of amides is 3. The highest BCUT2D eigenvalue weighted by atomic mass is 32.2. The molecular formula is C18H24N4O3S. The quantitative estimate of drug-likeness (QED) is 0.572. The Hall–Kier alpha value is -2.35. The molecule has 1 aromatic carbocycles. The molecule has 2 N–H and O–H groups in total. The molecule has 2 rings (SSSR count). The first-order chi connectivity index (χ1) is 12.4. The van der Waals surface area contributed by atoms with E-state index in [0.717, 1.165) is 24.6 Å². The highest BCUT2D eigenvalue weighted by Crippen LogP contribution is 2.18. The van der Waals surface area contributed by atoms with Crippen LogP contribution in [0.5, 0.6) is 0 Å². The van der Waals surface area contributed by atoms with Crippen molar-refractivity contribution in [2.24, 2.45) is 0 Å². The van der Waals surface area contributed by atoms with E-state index in [1.807, 2.05) is 32.9 Å². The van der Waals surface area contributed by atoms with E-state index >= 15 is 0 Å². The van der Waals surface area contributed by atoms with E-state index in [9.17, 15) is 14.4 Å². The van der Waals surface area contributed by atoms with Crippen molar-refractivity contribution in [3.8, 4) is 0 Å². The van der Waals surface area contributed by atoms with Crippen molar-refractivity contribution in [3.05, 3.63) is 34.6 Å². The number of aromatic nitrogens is 2. The average molecular weight is 376 g/mol. The maximum atomic E-state index is 12.7. The van der Waals surface area contributed by atoms with Crippen LogP contribution in [0.2, 0.25) is 0 Å². The molecule has 0 spiro atoms. The third kappa shape index (κ3) is 5.32. The maximum Gasteiger partial charge on any atom is 0.321 e. The van der Waals surface area contributed by atoms with E-state index < -0.39 is 11.9 Å². The predicted octanol–water partition coefficient (Wildman–Crippen LogP) is 2.52. The van der Waals surface area contributed by atoms with Gasteiger partial charge in [0, 0.05) is 12.6 Å². The molecule has 0 fully saturated rings. The van der Waals surface area contributed by atoms with Gasteiger partial charge in [-0.3, -0.25) is 19.5 Å². The lowest BCUT2D eigenvalue weighted by Crippen LogP contribution is -2.43. The van der Waals surface area contributed by atoms with E-state index in [4.69, 9.17) is 0 Å². The molecule has 0 unspecified atom stereocenters. The lowest BCUT2D eigenvalue weighted by molar-refractivity contribution is -0.117. The highest BCUT2D eigenvalue weighted by molar-refractivity contribution is 7.99. The maximum absolute atomic E-state index is 12.7. The number of nitrogens with zero attached hydrogens (tertiary/aromatic N) is 2. The van der Waals surface area contributed by atoms with E-state index in [2.05, 4.69) is 15.6 Å². The van der Waals surface area contributed by atoms with Crippen molar-refractivity contribution >= 4 is 34.6 Å². The van der Waals surface area contributed by atoms with Gasteiger partial charge in [-0.25, -0.2) is 9.78 Å². The normalized spacial score (nSPS) is 10.9. The second-order valence-corrected chi connectivity index (χ2v) is 7.13. The molecule has 0 bridgehead atoms. The minimum Gasteiger partial charge on any atom is -0.336 e. The zero-order chi connectivity index (χ0) is 19.1. The van der Waals surface area contributed by atoms with Gasteiger partial charge >= 0.3 is 6.03 Å². The van der Waals surface area contributed by atoms with Crippen molar-refractivity contribution < 1.29 is 9.59 Å². The van der Waals surface area contributed by atoms with Gasteiger partial charge in [-0.1, -0.05) is 37.2 Å². The summed E-state index contributed by atoms with van der Waals surface area (Å²) in [5, 5.41) is 5.92. The summed E-state index contributed by atoms with van der Waals surface area (Å²) in [7, 11) is 0. The largest absolute Gasteiger partial charge is 0.336 e. The van der Waals surface area contributed by atoms with Crippen LogP contribution in [0.3, 0.4) is 0 Å². The summed E-state index contributed by atoms with van der Waals surface area (Å²) in [6.45, 7) is 6.21. The summed E-state index contributed by atoms with van der Waals surface area (Å²) in [6, 6.07) is 6.58. The standard InChI is InChI=1S/C18H24N4O3S/c1-4-5-10-22-16(24)13-8-6-7-9-14(13)20-18(22)26-11-15(23)21-17(25)19-12(2)3/h6-9,12H,4-5,10-11H2,1-3H3,(H2,19,21,23,25). The molecule has 1 aromatic heterocycles. The minimum atomic E-state index is -0.527. The van der Waals surface area contributed by atoms with Crippen LogP contribution in [0, 0.1) is 0 Å². The summed E-state index contributed by atoms with van der Waals surface area (Å²) >= 11 is 1.16. The number of urea groups is 1. The molecular weight excluding hydrogens is 352 g/mol. The Morgan fingerprint density at radius 1 is 1.27 bits per heavy atom. The fourth-order valence-corrected chi connectivity index (χ4v) is 3.19. The Bertz CT molecular complexity index is 848. The van der Waals surface area contributed by atoms with Gasteiger partial charge < -0.3 is 5.32 Å². The van der Waals surface area contributed by atoms with Crippen LogP contribution in [-0.4, -0.2) is 33.3 Å². The number of imide groups is 1. The Kier molecular flexibility index (Phi) is 7.20. The van der Waals surface area contributed by atoms with E-state index in [1.54, 1.807) is 16.7 Å². The molecule has 140 valence electrons. The Balaban J connectivity index is 2.18. The number of carbonyl (C=O) groups excluding carboxylic acids is 2. The van der Waals surface area contributed by atoms with Gasteiger partial charge in [-0.15, -0.1) is 0 Å². The molecule has 8 heteroatoms. The highest BCUT2D eigenvalue weighted by Gasteiger charge is 2.14. The zero-order valence-corrected chi connectivity index (χ0v) is 16.1. The molecule has 0 saturated carbocycles. The molecule has 3 amide bonds. The van der Waals surface area contributed by atoms with Crippen molar-refractivity contribution in [2.75, 3.05) is 5.75 Å².